The zero-order valence-corrected chi connectivity index (χ0v) is 20.2. The van der Waals surface area contributed by atoms with Gasteiger partial charge in [-0.15, -0.1) is 0 Å². The van der Waals surface area contributed by atoms with Crippen molar-refractivity contribution in [1.82, 2.24) is 4.57 Å². The molecule has 4 aromatic rings. The van der Waals surface area contributed by atoms with Crippen molar-refractivity contribution in [1.29, 1.82) is 0 Å². The highest BCUT2D eigenvalue weighted by atomic mass is 15.3. The van der Waals surface area contributed by atoms with Gasteiger partial charge in [-0.25, -0.2) is 0 Å². The van der Waals surface area contributed by atoms with Crippen LogP contribution in [-0.4, -0.2) is 16.1 Å². The van der Waals surface area contributed by atoms with Crippen LogP contribution in [0.25, 0.3) is 27.5 Å². The maximum Gasteiger partial charge on any atom is 0.0545 e. The number of hydrogen-bond acceptors (Lipinski definition) is 1. The van der Waals surface area contributed by atoms with Gasteiger partial charge in [0.2, 0.25) is 0 Å². The van der Waals surface area contributed by atoms with Crippen LogP contribution in [-0.2, 0) is 0 Å². The quantitative estimate of drug-likeness (QED) is 0.319. The molecule has 0 amide bonds. The molecule has 3 atom stereocenters. The normalized spacial score (nSPS) is 28.8. The largest absolute Gasteiger partial charge is 0.362 e. The number of nitrogens with zero attached hydrogens (tertiary/aromatic N) is 2. The van der Waals surface area contributed by atoms with Gasteiger partial charge in [-0.3, -0.25) is 0 Å². The van der Waals surface area contributed by atoms with E-state index < -0.39 is 0 Å². The van der Waals surface area contributed by atoms with Crippen LogP contribution >= 0.6 is 0 Å². The summed E-state index contributed by atoms with van der Waals surface area (Å²) >= 11 is 0. The van der Waals surface area contributed by atoms with Gasteiger partial charge in [0.25, 0.3) is 0 Å². The van der Waals surface area contributed by atoms with E-state index in [2.05, 4.69) is 118 Å². The SMILES string of the molecule is Cc1cc2c(cc1N1[C@@H](C)C3(C)CCC1(C)C3(C)C)c1ccccc1n2-c1ccccc1. The molecular weight excluding hydrogens is 388 g/mol. The van der Waals surface area contributed by atoms with Gasteiger partial charge in [0.15, 0.2) is 0 Å². The molecule has 2 heteroatoms. The zero-order valence-electron chi connectivity index (χ0n) is 20.2. The first-order valence-corrected chi connectivity index (χ1v) is 12.1. The van der Waals surface area contributed by atoms with Crippen LogP contribution in [0.1, 0.15) is 53.0 Å². The predicted octanol–water partition coefficient (Wildman–Crippen LogP) is 7.89. The van der Waals surface area contributed by atoms with Crippen LogP contribution in [0.5, 0.6) is 0 Å². The van der Waals surface area contributed by atoms with Gasteiger partial charge in [0, 0.05) is 33.7 Å². The summed E-state index contributed by atoms with van der Waals surface area (Å²) in [4.78, 5) is 2.79. The van der Waals surface area contributed by atoms with Crippen molar-refractivity contribution in [2.45, 2.75) is 66.0 Å². The molecule has 1 aliphatic carbocycles. The highest BCUT2D eigenvalue weighted by Crippen LogP contribution is 2.69. The second kappa shape index (κ2) is 6.19. The van der Waals surface area contributed by atoms with Crippen LogP contribution in [0.15, 0.2) is 66.7 Å². The summed E-state index contributed by atoms with van der Waals surface area (Å²) in [7, 11) is 0. The summed E-state index contributed by atoms with van der Waals surface area (Å²) in [6, 6.07) is 25.1. The number of benzene rings is 3. The van der Waals surface area contributed by atoms with Gasteiger partial charge in [-0.05, 0) is 80.3 Å². The molecule has 3 aromatic carbocycles. The molecule has 2 unspecified atom stereocenters. The van der Waals surface area contributed by atoms with Gasteiger partial charge in [0.1, 0.15) is 0 Å². The molecule has 32 heavy (non-hydrogen) atoms. The lowest BCUT2D eigenvalue weighted by Crippen LogP contribution is -2.50. The fraction of sp³-hybridized carbons (Fsp3) is 0.400. The van der Waals surface area contributed by atoms with Gasteiger partial charge in [-0.1, -0.05) is 57.2 Å². The highest BCUT2D eigenvalue weighted by Gasteiger charge is 2.70. The minimum atomic E-state index is 0.178. The van der Waals surface area contributed by atoms with E-state index >= 15 is 0 Å². The molecule has 1 saturated heterocycles. The molecule has 2 aliphatic rings. The molecule has 2 nitrogen and oxygen atoms in total. The maximum atomic E-state index is 2.79. The minimum absolute atomic E-state index is 0.178. The summed E-state index contributed by atoms with van der Waals surface area (Å²) in [6.07, 6.45) is 2.59. The van der Waals surface area contributed by atoms with E-state index in [1.807, 2.05) is 0 Å². The fourth-order valence-corrected chi connectivity index (χ4v) is 7.31. The van der Waals surface area contributed by atoms with Gasteiger partial charge in [0.05, 0.1) is 11.0 Å². The van der Waals surface area contributed by atoms with Crippen molar-refractivity contribution in [2.75, 3.05) is 4.90 Å². The molecule has 0 N–H and O–H groups in total. The monoisotopic (exact) mass is 422 g/mol. The zero-order chi connectivity index (χ0) is 22.5. The Morgan fingerprint density at radius 3 is 2.16 bits per heavy atom. The summed E-state index contributed by atoms with van der Waals surface area (Å²) in [5.74, 6) is 0. The highest BCUT2D eigenvalue weighted by molar-refractivity contribution is 6.10. The van der Waals surface area contributed by atoms with Crippen LogP contribution in [0.4, 0.5) is 5.69 Å². The minimum Gasteiger partial charge on any atom is -0.362 e. The van der Waals surface area contributed by atoms with Crippen LogP contribution in [0.2, 0.25) is 0 Å². The number of hydrogen-bond donors (Lipinski definition) is 0. The molecule has 2 fully saturated rings. The van der Waals surface area contributed by atoms with Gasteiger partial charge in [-0.2, -0.15) is 0 Å². The van der Waals surface area contributed by atoms with Crippen molar-refractivity contribution in [3.8, 4) is 5.69 Å². The molecule has 1 aliphatic heterocycles. The second-order valence-electron chi connectivity index (χ2n) is 11.2. The lowest BCUT2D eigenvalue weighted by atomic mass is 9.65. The number of aryl methyl sites for hydroxylation is 1. The number of fused-ring (bicyclic) bond motifs is 5. The molecule has 0 radical (unpaired) electrons. The maximum absolute atomic E-state index is 2.79. The molecule has 1 saturated carbocycles. The smallest absolute Gasteiger partial charge is 0.0545 e. The average molecular weight is 423 g/mol. The first kappa shape index (κ1) is 19.9. The third-order valence-corrected chi connectivity index (χ3v) is 10.0. The van der Waals surface area contributed by atoms with Crippen molar-refractivity contribution in [3.05, 3.63) is 72.3 Å². The number of piperidine rings is 1. The van der Waals surface area contributed by atoms with Crippen molar-refractivity contribution in [2.24, 2.45) is 10.8 Å². The molecule has 6 rings (SSSR count). The van der Waals surface area contributed by atoms with Crippen molar-refractivity contribution in [3.63, 3.8) is 0 Å². The number of anilines is 1. The first-order chi connectivity index (χ1) is 15.2. The van der Waals surface area contributed by atoms with E-state index in [0.29, 0.717) is 11.5 Å². The Bertz CT molecular complexity index is 1360. The summed E-state index contributed by atoms with van der Waals surface area (Å²) < 4.78 is 2.42. The predicted molar refractivity (Wildman–Crippen MR) is 137 cm³/mol. The third-order valence-electron chi connectivity index (χ3n) is 10.0. The Labute approximate surface area is 191 Å². The third kappa shape index (κ3) is 2.16. The Balaban J connectivity index is 1.64. The van der Waals surface area contributed by atoms with Crippen molar-refractivity contribution >= 4 is 27.5 Å². The van der Waals surface area contributed by atoms with E-state index in [9.17, 15) is 0 Å². The van der Waals surface area contributed by atoms with E-state index in [1.165, 1.54) is 51.6 Å². The van der Waals surface area contributed by atoms with Gasteiger partial charge >= 0.3 is 0 Å². The number of rotatable bonds is 2. The van der Waals surface area contributed by atoms with E-state index in [0.717, 1.165) is 0 Å². The second-order valence-corrected chi connectivity index (χ2v) is 11.2. The molecular formula is C30H34N2. The topological polar surface area (TPSA) is 8.17 Å². The Hall–Kier alpha value is -2.74. The molecule has 1 aromatic heterocycles. The molecule has 0 spiro atoms. The Kier molecular flexibility index (Phi) is 3.85. The Morgan fingerprint density at radius 1 is 0.781 bits per heavy atom. The molecule has 164 valence electrons. The standard InChI is InChI=1S/C30H34N2/c1-20-18-27-24(23-14-10-11-15-25(23)31(27)22-12-8-7-9-13-22)19-26(20)32-21(2)29(5)16-17-30(32,6)28(29,3)4/h7-15,18-19,21H,16-17H2,1-6H3/t21-,29?,30?/m0/s1. The van der Waals surface area contributed by atoms with Gasteiger partial charge < -0.3 is 9.47 Å². The fourth-order valence-electron chi connectivity index (χ4n) is 7.31. The summed E-state index contributed by atoms with van der Waals surface area (Å²) in [6.45, 7) is 14.8. The van der Waals surface area contributed by atoms with E-state index in [-0.39, 0.29) is 11.0 Å². The summed E-state index contributed by atoms with van der Waals surface area (Å²) in [5, 5.41) is 2.69. The summed E-state index contributed by atoms with van der Waals surface area (Å²) in [5.41, 5.74) is 7.38. The average Bonchev–Trinajstić information content (AvgIpc) is 3.23. The molecule has 2 heterocycles. The number of aromatic nitrogens is 1. The Morgan fingerprint density at radius 2 is 1.47 bits per heavy atom. The van der Waals surface area contributed by atoms with Crippen LogP contribution < -0.4 is 4.90 Å². The molecule has 2 bridgehead atoms. The van der Waals surface area contributed by atoms with Crippen LogP contribution in [0, 0.1) is 17.8 Å². The lowest BCUT2D eigenvalue weighted by molar-refractivity contribution is 0.132. The van der Waals surface area contributed by atoms with E-state index in [4.69, 9.17) is 0 Å². The van der Waals surface area contributed by atoms with Crippen molar-refractivity contribution < 1.29 is 0 Å². The lowest BCUT2D eigenvalue weighted by Gasteiger charge is -2.45. The van der Waals surface area contributed by atoms with Crippen LogP contribution in [0.3, 0.4) is 0 Å². The van der Waals surface area contributed by atoms with E-state index in [1.54, 1.807) is 0 Å². The number of para-hydroxylation sites is 2. The first-order valence-electron chi connectivity index (χ1n) is 12.1.